The lowest BCUT2D eigenvalue weighted by atomic mass is 9.96. The predicted molar refractivity (Wildman–Crippen MR) is 140 cm³/mol. The molecule has 0 aliphatic carbocycles. The topological polar surface area (TPSA) is 106 Å². The summed E-state index contributed by atoms with van der Waals surface area (Å²) < 4.78 is 11.6. The number of ether oxygens (including phenoxy) is 1. The van der Waals surface area contributed by atoms with Gasteiger partial charge in [0.1, 0.15) is 5.82 Å². The number of nitrogens with one attached hydrogen (secondary N) is 1. The van der Waals surface area contributed by atoms with Crippen LogP contribution in [0.2, 0.25) is 0 Å². The lowest BCUT2D eigenvalue weighted by Gasteiger charge is -2.34. The van der Waals surface area contributed by atoms with Gasteiger partial charge in [0, 0.05) is 30.3 Å². The molecule has 9 nitrogen and oxygen atoms in total. The molecule has 0 radical (unpaired) electrons. The Morgan fingerprint density at radius 3 is 2.65 bits per heavy atom. The summed E-state index contributed by atoms with van der Waals surface area (Å²) in [5.41, 5.74) is 4.28. The van der Waals surface area contributed by atoms with E-state index in [2.05, 4.69) is 32.3 Å². The summed E-state index contributed by atoms with van der Waals surface area (Å²) in [5.74, 6) is 1.00. The number of Topliss-reactive ketones (excluding diaryl/α,β-unsaturated/α-hetero) is 1. The Bertz CT molecular complexity index is 1450. The zero-order valence-electron chi connectivity index (χ0n) is 20.4. The highest BCUT2D eigenvalue weighted by molar-refractivity contribution is 6.16. The first-order valence-corrected chi connectivity index (χ1v) is 12.3. The van der Waals surface area contributed by atoms with Gasteiger partial charge in [-0.15, -0.1) is 5.10 Å². The van der Waals surface area contributed by atoms with E-state index in [9.17, 15) is 4.79 Å². The molecule has 0 saturated carbocycles. The molecule has 1 fully saturated rings. The number of hydrogen-bond acceptors (Lipinski definition) is 9. The van der Waals surface area contributed by atoms with Gasteiger partial charge in [0.2, 0.25) is 0 Å². The van der Waals surface area contributed by atoms with Crippen LogP contribution >= 0.6 is 0 Å². The Morgan fingerprint density at radius 2 is 1.78 bits per heavy atom. The van der Waals surface area contributed by atoms with Crippen molar-refractivity contribution >= 4 is 23.3 Å². The summed E-state index contributed by atoms with van der Waals surface area (Å²) in [6.07, 6.45) is 1.12. The summed E-state index contributed by atoms with van der Waals surface area (Å²) in [6, 6.07) is 21.7. The minimum absolute atomic E-state index is 0.0812. The van der Waals surface area contributed by atoms with Crippen molar-refractivity contribution in [1.29, 1.82) is 0 Å². The summed E-state index contributed by atoms with van der Waals surface area (Å²) >= 11 is 0. The molecular formula is C28H26N6O3. The van der Waals surface area contributed by atoms with E-state index in [1.54, 1.807) is 6.20 Å². The highest BCUT2D eigenvalue weighted by Crippen LogP contribution is 2.31. The molecule has 1 saturated heterocycles. The Labute approximate surface area is 214 Å². The number of anilines is 2. The van der Waals surface area contributed by atoms with Crippen LogP contribution in [0.4, 0.5) is 11.8 Å². The summed E-state index contributed by atoms with van der Waals surface area (Å²) in [5, 5.41) is 11.5. The Kier molecular flexibility index (Phi) is 6.20. The lowest BCUT2D eigenvalue weighted by Crippen LogP contribution is -2.44. The Morgan fingerprint density at radius 1 is 0.973 bits per heavy atom. The van der Waals surface area contributed by atoms with Crippen LogP contribution in [0.1, 0.15) is 23.6 Å². The molecule has 2 aromatic carbocycles. The Balaban J connectivity index is 1.32. The predicted octanol–water partition coefficient (Wildman–Crippen LogP) is 3.76. The maximum absolute atomic E-state index is 13.2. The average Bonchev–Trinajstić information content (AvgIpc) is 3.35. The van der Waals surface area contributed by atoms with Gasteiger partial charge in [-0.05, 0) is 24.6 Å². The minimum Gasteiger partial charge on any atom is -0.403 e. The fourth-order valence-electron chi connectivity index (χ4n) is 4.74. The smallest absolute Gasteiger partial charge is 0.317 e. The van der Waals surface area contributed by atoms with Gasteiger partial charge in [0.05, 0.1) is 30.5 Å². The quantitative estimate of drug-likeness (QED) is 0.447. The van der Waals surface area contributed by atoms with Gasteiger partial charge in [0.25, 0.3) is 5.89 Å². The van der Waals surface area contributed by atoms with Crippen LogP contribution in [-0.2, 0) is 16.0 Å². The molecule has 6 rings (SSSR count). The second-order valence-electron chi connectivity index (χ2n) is 9.10. The molecule has 9 heteroatoms. The molecule has 0 spiro atoms. The fraction of sp³-hybridized carbons (Fsp3) is 0.250. The third kappa shape index (κ3) is 4.61. The van der Waals surface area contributed by atoms with Crippen molar-refractivity contribution in [2.24, 2.45) is 4.99 Å². The molecular weight excluding hydrogens is 468 g/mol. The van der Waals surface area contributed by atoms with Crippen molar-refractivity contribution in [1.82, 2.24) is 15.2 Å². The number of carbonyl (C=O) groups is 1. The SMILES string of the molecule is C[C@H]1COCCN1c1ncccc1-c1nnc(NC2N=C(c3ccccc3)c3ccccc3CC2=O)o1. The molecule has 4 aromatic rings. The Hall–Kier alpha value is -4.37. The third-order valence-corrected chi connectivity index (χ3v) is 6.59. The maximum Gasteiger partial charge on any atom is 0.317 e. The third-order valence-electron chi connectivity index (χ3n) is 6.59. The number of benzene rings is 2. The number of aliphatic imine (C=N–C) groups is 1. The van der Waals surface area contributed by atoms with Gasteiger partial charge in [-0.1, -0.05) is 59.7 Å². The van der Waals surface area contributed by atoms with Crippen molar-refractivity contribution in [2.45, 2.75) is 25.6 Å². The van der Waals surface area contributed by atoms with Crippen molar-refractivity contribution in [3.05, 3.63) is 89.6 Å². The number of aromatic nitrogens is 3. The molecule has 2 aliphatic heterocycles. The monoisotopic (exact) mass is 494 g/mol. The van der Waals surface area contributed by atoms with Gasteiger partial charge in [-0.2, -0.15) is 0 Å². The van der Waals surface area contributed by atoms with E-state index >= 15 is 0 Å². The van der Waals surface area contributed by atoms with E-state index in [4.69, 9.17) is 14.1 Å². The molecule has 2 aromatic heterocycles. The van der Waals surface area contributed by atoms with E-state index in [0.717, 1.165) is 40.3 Å². The number of fused-ring (bicyclic) bond motifs is 1. The van der Waals surface area contributed by atoms with Gasteiger partial charge in [0.15, 0.2) is 11.9 Å². The number of nitrogens with zero attached hydrogens (tertiary/aromatic N) is 5. The molecule has 2 aliphatic rings. The largest absolute Gasteiger partial charge is 0.403 e. The van der Waals surface area contributed by atoms with Gasteiger partial charge < -0.3 is 19.4 Å². The standard InChI is InChI=1S/C28H26N6O3/c1-18-17-36-15-14-34(18)26-22(12-7-13-29-26)27-32-33-28(37-27)31-25-23(35)16-20-10-5-6-11-21(20)24(30-25)19-8-3-2-4-9-19/h2-13,18,25H,14-17H2,1H3,(H,31,33)/t18-,25?/m0/s1. The van der Waals surface area contributed by atoms with Crippen LogP contribution in [0.5, 0.6) is 0 Å². The molecule has 2 atom stereocenters. The summed E-state index contributed by atoms with van der Waals surface area (Å²) in [7, 11) is 0. The molecule has 0 bridgehead atoms. The average molecular weight is 495 g/mol. The van der Waals surface area contributed by atoms with Crippen molar-refractivity contribution in [2.75, 3.05) is 30.0 Å². The van der Waals surface area contributed by atoms with Crippen molar-refractivity contribution < 1.29 is 13.9 Å². The van der Waals surface area contributed by atoms with Crippen LogP contribution in [0.3, 0.4) is 0 Å². The molecule has 37 heavy (non-hydrogen) atoms. The summed E-state index contributed by atoms with van der Waals surface area (Å²) in [4.78, 5) is 24.9. The normalized spacial score (nSPS) is 19.6. The van der Waals surface area contributed by atoms with Crippen LogP contribution in [-0.4, -0.2) is 58.6 Å². The van der Waals surface area contributed by atoms with E-state index in [1.165, 1.54) is 0 Å². The molecule has 186 valence electrons. The minimum atomic E-state index is -0.872. The number of ketones is 1. The van der Waals surface area contributed by atoms with Crippen LogP contribution < -0.4 is 10.2 Å². The number of morpholine rings is 1. The van der Waals surface area contributed by atoms with E-state index in [-0.39, 0.29) is 24.3 Å². The fourth-order valence-corrected chi connectivity index (χ4v) is 4.74. The molecule has 1 N–H and O–H groups in total. The molecule has 1 unspecified atom stereocenters. The van der Waals surface area contributed by atoms with E-state index in [1.807, 2.05) is 66.7 Å². The zero-order chi connectivity index (χ0) is 25.2. The van der Waals surface area contributed by atoms with Crippen LogP contribution in [0.15, 0.2) is 82.3 Å². The van der Waals surface area contributed by atoms with Crippen molar-refractivity contribution in [3.8, 4) is 11.5 Å². The van der Waals surface area contributed by atoms with E-state index in [0.29, 0.717) is 19.1 Å². The van der Waals surface area contributed by atoms with Crippen LogP contribution in [0, 0.1) is 0 Å². The van der Waals surface area contributed by atoms with Crippen LogP contribution in [0.25, 0.3) is 11.5 Å². The maximum atomic E-state index is 13.2. The number of pyridine rings is 1. The highest BCUT2D eigenvalue weighted by atomic mass is 16.5. The van der Waals surface area contributed by atoms with Gasteiger partial charge in [-0.3, -0.25) is 9.79 Å². The highest BCUT2D eigenvalue weighted by Gasteiger charge is 2.28. The molecule has 0 amide bonds. The first-order chi connectivity index (χ1) is 18.2. The lowest BCUT2D eigenvalue weighted by molar-refractivity contribution is -0.119. The number of carbonyl (C=O) groups excluding carboxylic acids is 1. The first kappa shape index (κ1) is 23.1. The number of hydrogen-bond donors (Lipinski definition) is 1. The van der Waals surface area contributed by atoms with E-state index < -0.39 is 6.17 Å². The molecule has 4 heterocycles. The second kappa shape index (κ2) is 9.94. The second-order valence-corrected chi connectivity index (χ2v) is 9.10. The first-order valence-electron chi connectivity index (χ1n) is 12.3. The number of rotatable bonds is 5. The summed E-state index contributed by atoms with van der Waals surface area (Å²) in [6.45, 7) is 4.07. The zero-order valence-corrected chi connectivity index (χ0v) is 20.4. The van der Waals surface area contributed by atoms with Gasteiger partial charge >= 0.3 is 6.01 Å². The van der Waals surface area contributed by atoms with Crippen molar-refractivity contribution in [3.63, 3.8) is 0 Å². The van der Waals surface area contributed by atoms with Gasteiger partial charge in [-0.25, -0.2) is 4.98 Å².